The molecule has 2 aromatic rings. The number of hydrogen-bond acceptors (Lipinski definition) is 5. The summed E-state index contributed by atoms with van der Waals surface area (Å²) in [5, 5.41) is 4.56. The maximum atomic E-state index is 5.97. The van der Waals surface area contributed by atoms with Crippen LogP contribution in [0.4, 0.5) is 5.82 Å². The Bertz CT molecular complexity index is 561. The van der Waals surface area contributed by atoms with E-state index < -0.39 is 0 Å². The van der Waals surface area contributed by atoms with Crippen LogP contribution >= 0.6 is 0 Å². The van der Waals surface area contributed by atoms with Gasteiger partial charge >= 0.3 is 0 Å². The Morgan fingerprint density at radius 2 is 2.00 bits per heavy atom. The number of nitrogens with zero attached hydrogens (tertiary/aromatic N) is 2. The highest BCUT2D eigenvalue weighted by Crippen LogP contribution is 2.27. The van der Waals surface area contributed by atoms with Crippen LogP contribution in [0.3, 0.4) is 0 Å². The van der Waals surface area contributed by atoms with Crippen molar-refractivity contribution in [1.29, 1.82) is 0 Å². The average molecular weight is 258 g/mol. The van der Waals surface area contributed by atoms with Crippen molar-refractivity contribution < 1.29 is 4.74 Å². The minimum absolute atomic E-state index is 0.116. The highest BCUT2D eigenvalue weighted by Gasteiger charge is 2.31. The number of nitrogens with one attached hydrogen (secondary N) is 1. The van der Waals surface area contributed by atoms with E-state index in [0.717, 1.165) is 42.8 Å². The Labute approximate surface area is 112 Å². The molecule has 5 heteroatoms. The highest BCUT2D eigenvalue weighted by molar-refractivity contribution is 5.88. The van der Waals surface area contributed by atoms with Gasteiger partial charge in [-0.3, -0.25) is 0 Å². The van der Waals surface area contributed by atoms with Crippen LogP contribution < -0.4 is 11.1 Å². The first kappa shape index (κ1) is 12.3. The van der Waals surface area contributed by atoms with Gasteiger partial charge < -0.3 is 15.8 Å². The van der Waals surface area contributed by atoms with Gasteiger partial charge in [-0.1, -0.05) is 12.1 Å². The fourth-order valence-electron chi connectivity index (χ4n) is 2.50. The molecule has 0 unspecified atom stereocenters. The fourth-order valence-corrected chi connectivity index (χ4v) is 2.50. The molecule has 0 bridgehead atoms. The van der Waals surface area contributed by atoms with Crippen molar-refractivity contribution in [2.24, 2.45) is 5.73 Å². The Morgan fingerprint density at radius 3 is 2.79 bits per heavy atom. The van der Waals surface area contributed by atoms with Gasteiger partial charge in [0.25, 0.3) is 0 Å². The average Bonchev–Trinajstić information content (AvgIpc) is 2.49. The topological polar surface area (TPSA) is 73.1 Å². The largest absolute Gasteiger partial charge is 0.381 e. The van der Waals surface area contributed by atoms with Crippen molar-refractivity contribution in [1.82, 2.24) is 9.97 Å². The Balaban J connectivity index is 1.96. The van der Waals surface area contributed by atoms with Crippen LogP contribution in [0, 0.1) is 0 Å². The van der Waals surface area contributed by atoms with E-state index in [9.17, 15) is 0 Å². The van der Waals surface area contributed by atoms with Gasteiger partial charge in [0.05, 0.1) is 11.1 Å². The molecule has 1 aliphatic heterocycles. The molecular formula is C14H18N4O. The molecule has 0 spiro atoms. The molecule has 0 saturated carbocycles. The molecule has 5 nitrogen and oxygen atoms in total. The van der Waals surface area contributed by atoms with Crippen molar-refractivity contribution in [3.05, 3.63) is 30.6 Å². The second-order valence-electron chi connectivity index (χ2n) is 4.96. The first-order valence-electron chi connectivity index (χ1n) is 6.59. The van der Waals surface area contributed by atoms with Gasteiger partial charge in [-0.15, -0.1) is 0 Å². The summed E-state index contributed by atoms with van der Waals surface area (Å²) in [6.07, 6.45) is 3.40. The summed E-state index contributed by atoms with van der Waals surface area (Å²) < 4.78 is 5.42. The number of ether oxygens (including phenoxy) is 1. The first-order chi connectivity index (χ1) is 9.33. The Hall–Kier alpha value is -1.72. The minimum atomic E-state index is -0.116. The molecule has 1 aromatic carbocycles. The molecular weight excluding hydrogens is 240 g/mol. The van der Waals surface area contributed by atoms with Gasteiger partial charge in [-0.05, 0) is 25.0 Å². The van der Waals surface area contributed by atoms with Gasteiger partial charge in [0.2, 0.25) is 0 Å². The van der Waals surface area contributed by atoms with Crippen LogP contribution in [-0.4, -0.2) is 35.3 Å². The lowest BCUT2D eigenvalue weighted by Gasteiger charge is -2.37. The normalized spacial score (nSPS) is 18.4. The number of nitrogens with two attached hydrogens (primary N) is 1. The smallest absolute Gasteiger partial charge is 0.137 e. The molecule has 1 aromatic heterocycles. The number of aromatic nitrogens is 2. The zero-order valence-corrected chi connectivity index (χ0v) is 10.8. The van der Waals surface area contributed by atoms with Crippen molar-refractivity contribution in [2.75, 3.05) is 25.1 Å². The quantitative estimate of drug-likeness (QED) is 0.874. The van der Waals surface area contributed by atoms with Crippen LogP contribution in [0.25, 0.3) is 10.9 Å². The SMILES string of the molecule is NCC1(Nc2ncnc3ccccc23)CCOCC1. The molecule has 2 heterocycles. The maximum Gasteiger partial charge on any atom is 0.137 e. The standard InChI is InChI=1S/C14H18N4O/c15-9-14(5-7-19-8-6-14)18-13-11-3-1-2-4-12(11)16-10-17-13/h1-4,10H,5-9,15H2,(H,16,17,18). The van der Waals surface area contributed by atoms with Gasteiger partial charge in [-0.2, -0.15) is 0 Å². The summed E-state index contributed by atoms with van der Waals surface area (Å²) in [7, 11) is 0. The summed E-state index contributed by atoms with van der Waals surface area (Å²) in [6, 6.07) is 7.99. The lowest BCUT2D eigenvalue weighted by atomic mass is 9.90. The van der Waals surface area contributed by atoms with E-state index in [-0.39, 0.29) is 5.54 Å². The molecule has 1 fully saturated rings. The lowest BCUT2D eigenvalue weighted by Crippen LogP contribution is -2.49. The number of benzene rings is 1. The number of para-hydroxylation sites is 1. The van der Waals surface area contributed by atoms with E-state index >= 15 is 0 Å². The third-order valence-electron chi connectivity index (χ3n) is 3.77. The summed E-state index contributed by atoms with van der Waals surface area (Å²) in [5.74, 6) is 0.859. The molecule has 1 saturated heterocycles. The van der Waals surface area contributed by atoms with E-state index in [2.05, 4.69) is 15.3 Å². The van der Waals surface area contributed by atoms with E-state index in [4.69, 9.17) is 10.5 Å². The van der Waals surface area contributed by atoms with Crippen LogP contribution in [-0.2, 0) is 4.74 Å². The van der Waals surface area contributed by atoms with Gasteiger partial charge in [0.15, 0.2) is 0 Å². The second-order valence-corrected chi connectivity index (χ2v) is 4.96. The molecule has 3 N–H and O–H groups in total. The number of hydrogen-bond donors (Lipinski definition) is 2. The second kappa shape index (κ2) is 5.11. The third kappa shape index (κ3) is 2.39. The zero-order chi connectivity index (χ0) is 13.1. The molecule has 0 radical (unpaired) electrons. The minimum Gasteiger partial charge on any atom is -0.381 e. The monoisotopic (exact) mass is 258 g/mol. The summed E-state index contributed by atoms with van der Waals surface area (Å²) in [4.78, 5) is 8.65. The Kier molecular flexibility index (Phi) is 3.31. The maximum absolute atomic E-state index is 5.97. The molecule has 3 rings (SSSR count). The highest BCUT2D eigenvalue weighted by atomic mass is 16.5. The number of fused-ring (bicyclic) bond motifs is 1. The number of anilines is 1. The summed E-state index contributed by atoms with van der Waals surface area (Å²) in [6.45, 7) is 2.06. The molecule has 0 amide bonds. The zero-order valence-electron chi connectivity index (χ0n) is 10.8. The predicted octanol–water partition coefficient (Wildman–Crippen LogP) is 1.55. The number of rotatable bonds is 3. The summed E-state index contributed by atoms with van der Waals surface area (Å²) >= 11 is 0. The van der Waals surface area contributed by atoms with Crippen molar-refractivity contribution in [3.63, 3.8) is 0 Å². The van der Waals surface area contributed by atoms with Crippen LogP contribution in [0.1, 0.15) is 12.8 Å². The van der Waals surface area contributed by atoms with E-state index in [0.29, 0.717) is 6.54 Å². The van der Waals surface area contributed by atoms with Crippen molar-refractivity contribution in [3.8, 4) is 0 Å². The third-order valence-corrected chi connectivity index (χ3v) is 3.77. The molecule has 1 aliphatic rings. The lowest BCUT2D eigenvalue weighted by molar-refractivity contribution is 0.0627. The van der Waals surface area contributed by atoms with E-state index in [1.165, 1.54) is 0 Å². The molecule has 0 aliphatic carbocycles. The summed E-state index contributed by atoms with van der Waals surface area (Å²) in [5.41, 5.74) is 6.80. The molecule has 0 atom stereocenters. The molecule has 100 valence electrons. The van der Waals surface area contributed by atoms with Gasteiger partial charge in [0, 0.05) is 25.1 Å². The molecule has 19 heavy (non-hydrogen) atoms. The van der Waals surface area contributed by atoms with Crippen LogP contribution in [0.15, 0.2) is 30.6 Å². The van der Waals surface area contributed by atoms with E-state index in [1.54, 1.807) is 6.33 Å². The van der Waals surface area contributed by atoms with Gasteiger partial charge in [-0.25, -0.2) is 9.97 Å². The fraction of sp³-hybridized carbons (Fsp3) is 0.429. The Morgan fingerprint density at radius 1 is 1.21 bits per heavy atom. The van der Waals surface area contributed by atoms with Crippen molar-refractivity contribution >= 4 is 16.7 Å². The predicted molar refractivity (Wildman–Crippen MR) is 75.0 cm³/mol. The first-order valence-corrected chi connectivity index (χ1v) is 6.59. The van der Waals surface area contributed by atoms with Crippen molar-refractivity contribution in [2.45, 2.75) is 18.4 Å². The van der Waals surface area contributed by atoms with Crippen LogP contribution in [0.2, 0.25) is 0 Å². The van der Waals surface area contributed by atoms with E-state index in [1.807, 2.05) is 24.3 Å². The van der Waals surface area contributed by atoms with Gasteiger partial charge in [0.1, 0.15) is 12.1 Å². The van der Waals surface area contributed by atoms with Crippen LogP contribution in [0.5, 0.6) is 0 Å².